The van der Waals surface area contributed by atoms with Gasteiger partial charge in [0.05, 0.1) is 16.7 Å². The largest absolute Gasteiger partial charge is 0.508 e. The quantitative estimate of drug-likeness (QED) is 0.205. The summed E-state index contributed by atoms with van der Waals surface area (Å²) in [5.74, 6) is -1.24. The van der Waals surface area contributed by atoms with Crippen molar-refractivity contribution >= 4 is 28.7 Å². The van der Waals surface area contributed by atoms with Crippen LogP contribution in [-0.4, -0.2) is 28.1 Å². The summed E-state index contributed by atoms with van der Waals surface area (Å²) >= 11 is 0. The Morgan fingerprint density at radius 1 is 0.500 bits per heavy atom. The normalized spacial score (nSPS) is 10.6. The molecule has 2 N–H and O–H groups in total. The number of esters is 2. The van der Waals surface area contributed by atoms with Crippen molar-refractivity contribution in [1.82, 2.24) is 0 Å². The molecule has 5 rings (SSSR count). The summed E-state index contributed by atoms with van der Waals surface area (Å²) in [7, 11) is 0. The maximum atomic E-state index is 12.7. The van der Waals surface area contributed by atoms with Crippen molar-refractivity contribution in [2.45, 2.75) is 0 Å². The number of aromatic hydroxyl groups is 1. The van der Waals surface area contributed by atoms with Crippen molar-refractivity contribution in [3.8, 4) is 28.4 Å². The number of hydrogen-bond donors (Lipinski definition) is 2. The number of ether oxygens (including phenoxy) is 2. The lowest BCUT2D eigenvalue weighted by Crippen LogP contribution is -2.08. The minimum absolute atomic E-state index is 0.0676. The number of carboxylic acid groups (broad SMARTS) is 1. The number of carbonyl (C=O) groups is 3. The molecule has 7 nitrogen and oxygen atoms in total. The maximum absolute atomic E-state index is 12.7. The van der Waals surface area contributed by atoms with Crippen LogP contribution >= 0.6 is 0 Å². The molecule has 7 heteroatoms. The lowest BCUT2D eigenvalue weighted by molar-refractivity contribution is 0.0693. The second-order valence-corrected chi connectivity index (χ2v) is 8.46. The predicted octanol–water partition coefficient (Wildman–Crippen LogP) is 6.35. The maximum Gasteiger partial charge on any atom is 0.343 e. The van der Waals surface area contributed by atoms with Crippen LogP contribution in [0.2, 0.25) is 0 Å². The van der Waals surface area contributed by atoms with Crippen molar-refractivity contribution in [2.75, 3.05) is 0 Å². The van der Waals surface area contributed by atoms with Gasteiger partial charge >= 0.3 is 17.9 Å². The molecule has 0 aliphatic rings. The number of aromatic carboxylic acids is 1. The Hall–Kier alpha value is -5.43. The molecule has 186 valence electrons. The molecule has 0 spiro atoms. The standard InChI is InChI=1S/C31H20O7/c32-26-11-5-21(6-12-26)30(35)37-27-13-7-19(8-14-27)20-9-15-28(16-10-20)38-31(36)25-4-2-22-17-24(29(33)34)3-1-23(22)18-25/h1-18,32H,(H,33,34). The van der Waals surface area contributed by atoms with Crippen LogP contribution in [0.3, 0.4) is 0 Å². The molecule has 0 radical (unpaired) electrons. The van der Waals surface area contributed by atoms with Crippen LogP contribution in [0.25, 0.3) is 21.9 Å². The van der Waals surface area contributed by atoms with Gasteiger partial charge in [0.1, 0.15) is 17.2 Å². The molecule has 38 heavy (non-hydrogen) atoms. The molecule has 0 unspecified atom stereocenters. The van der Waals surface area contributed by atoms with E-state index in [9.17, 15) is 19.5 Å². The smallest absolute Gasteiger partial charge is 0.343 e. The highest BCUT2D eigenvalue weighted by atomic mass is 16.5. The second kappa shape index (κ2) is 10.3. The Balaban J connectivity index is 1.23. The van der Waals surface area contributed by atoms with Gasteiger partial charge in [0.25, 0.3) is 0 Å². The molecular weight excluding hydrogens is 484 g/mol. The molecule has 0 bridgehead atoms. The number of fused-ring (bicyclic) bond motifs is 1. The van der Waals surface area contributed by atoms with Crippen LogP contribution in [0.15, 0.2) is 109 Å². The zero-order chi connectivity index (χ0) is 26.6. The average molecular weight is 504 g/mol. The number of carboxylic acids is 1. The van der Waals surface area contributed by atoms with Crippen LogP contribution in [0.1, 0.15) is 31.1 Å². The molecule has 0 heterocycles. The van der Waals surface area contributed by atoms with Gasteiger partial charge in [-0.3, -0.25) is 0 Å². The van der Waals surface area contributed by atoms with E-state index in [1.807, 2.05) is 24.3 Å². The third kappa shape index (κ3) is 5.37. The summed E-state index contributed by atoms with van der Waals surface area (Å²) < 4.78 is 10.9. The topological polar surface area (TPSA) is 110 Å². The summed E-state index contributed by atoms with van der Waals surface area (Å²) in [5, 5.41) is 19.9. The monoisotopic (exact) mass is 504 g/mol. The number of phenols is 1. The zero-order valence-electron chi connectivity index (χ0n) is 19.8. The SMILES string of the molecule is O=C(O)c1ccc2cc(C(=O)Oc3ccc(-c4ccc(OC(=O)c5ccc(O)cc5)cc4)cc3)ccc2c1. The van der Waals surface area contributed by atoms with E-state index in [1.54, 1.807) is 54.6 Å². The lowest BCUT2D eigenvalue weighted by Gasteiger charge is -2.08. The van der Waals surface area contributed by atoms with E-state index >= 15 is 0 Å². The Kier molecular flexibility index (Phi) is 6.57. The van der Waals surface area contributed by atoms with Crippen molar-refractivity contribution in [1.29, 1.82) is 0 Å². The van der Waals surface area contributed by atoms with Gasteiger partial charge in [-0.05, 0) is 94.7 Å². The van der Waals surface area contributed by atoms with Crippen molar-refractivity contribution in [2.24, 2.45) is 0 Å². The van der Waals surface area contributed by atoms with Crippen LogP contribution in [0, 0.1) is 0 Å². The van der Waals surface area contributed by atoms with E-state index in [-0.39, 0.29) is 11.3 Å². The number of carbonyl (C=O) groups excluding carboxylic acids is 2. The first-order valence-corrected chi connectivity index (χ1v) is 11.6. The fourth-order valence-corrected chi connectivity index (χ4v) is 3.87. The predicted molar refractivity (Wildman–Crippen MR) is 141 cm³/mol. The summed E-state index contributed by atoms with van der Waals surface area (Å²) in [6, 6.07) is 29.4. The molecule has 0 fully saturated rings. The van der Waals surface area contributed by atoms with E-state index in [0.717, 1.165) is 16.5 Å². The Morgan fingerprint density at radius 2 is 0.921 bits per heavy atom. The molecule has 0 atom stereocenters. The van der Waals surface area contributed by atoms with E-state index in [0.29, 0.717) is 28.0 Å². The van der Waals surface area contributed by atoms with Gasteiger partial charge in [0.15, 0.2) is 0 Å². The van der Waals surface area contributed by atoms with Crippen molar-refractivity contribution < 1.29 is 34.1 Å². The Labute approximate surface area is 217 Å². The summed E-state index contributed by atoms with van der Waals surface area (Å²) in [6.45, 7) is 0. The van der Waals surface area contributed by atoms with Gasteiger partial charge in [-0.15, -0.1) is 0 Å². The molecule has 0 aliphatic heterocycles. The Morgan fingerprint density at radius 3 is 1.42 bits per heavy atom. The molecule has 0 aromatic heterocycles. The first-order chi connectivity index (χ1) is 18.4. The third-order valence-electron chi connectivity index (χ3n) is 5.89. The van der Waals surface area contributed by atoms with Crippen molar-refractivity contribution in [3.63, 3.8) is 0 Å². The molecule has 0 amide bonds. The fourth-order valence-electron chi connectivity index (χ4n) is 3.87. The highest BCUT2D eigenvalue weighted by molar-refractivity contribution is 5.99. The summed E-state index contributed by atoms with van der Waals surface area (Å²) in [6.07, 6.45) is 0. The second-order valence-electron chi connectivity index (χ2n) is 8.46. The third-order valence-corrected chi connectivity index (χ3v) is 5.89. The van der Waals surface area contributed by atoms with Crippen LogP contribution in [0.5, 0.6) is 17.2 Å². The molecular formula is C31H20O7. The van der Waals surface area contributed by atoms with E-state index < -0.39 is 17.9 Å². The van der Waals surface area contributed by atoms with E-state index in [2.05, 4.69) is 0 Å². The van der Waals surface area contributed by atoms with Crippen molar-refractivity contribution in [3.05, 3.63) is 126 Å². The summed E-state index contributed by atoms with van der Waals surface area (Å²) in [5.41, 5.74) is 2.61. The first-order valence-electron chi connectivity index (χ1n) is 11.6. The highest BCUT2D eigenvalue weighted by Crippen LogP contribution is 2.26. The van der Waals surface area contributed by atoms with Crippen LogP contribution < -0.4 is 9.47 Å². The van der Waals surface area contributed by atoms with Gasteiger partial charge < -0.3 is 19.7 Å². The van der Waals surface area contributed by atoms with Gasteiger partial charge in [-0.25, -0.2) is 14.4 Å². The fraction of sp³-hybridized carbons (Fsp3) is 0. The van der Waals surface area contributed by atoms with Gasteiger partial charge in [-0.2, -0.15) is 0 Å². The van der Waals surface area contributed by atoms with Gasteiger partial charge in [0.2, 0.25) is 0 Å². The highest BCUT2D eigenvalue weighted by Gasteiger charge is 2.12. The number of phenolic OH excluding ortho intramolecular Hbond substituents is 1. The number of hydrogen-bond acceptors (Lipinski definition) is 6. The minimum atomic E-state index is -1.01. The number of rotatable bonds is 6. The van der Waals surface area contributed by atoms with Gasteiger partial charge in [0, 0.05) is 0 Å². The Bertz CT molecular complexity index is 1650. The molecule has 0 saturated heterocycles. The summed E-state index contributed by atoms with van der Waals surface area (Å²) in [4.78, 5) is 36.1. The van der Waals surface area contributed by atoms with E-state index in [4.69, 9.17) is 14.6 Å². The first kappa shape index (κ1) is 24.3. The molecule has 0 aliphatic carbocycles. The molecule has 5 aromatic rings. The van der Waals surface area contributed by atoms with E-state index in [1.165, 1.54) is 30.3 Å². The lowest BCUT2D eigenvalue weighted by atomic mass is 10.0. The number of benzene rings is 5. The van der Waals surface area contributed by atoms with Gasteiger partial charge in [-0.1, -0.05) is 36.4 Å². The van der Waals surface area contributed by atoms with Crippen LogP contribution in [-0.2, 0) is 0 Å². The molecule has 5 aromatic carbocycles. The zero-order valence-corrected chi connectivity index (χ0v) is 19.8. The minimum Gasteiger partial charge on any atom is -0.508 e. The van der Waals surface area contributed by atoms with Crippen LogP contribution in [0.4, 0.5) is 0 Å². The average Bonchev–Trinajstić information content (AvgIpc) is 2.93. The molecule has 0 saturated carbocycles.